The van der Waals surface area contributed by atoms with E-state index in [1.165, 1.54) is 50.5 Å². The predicted molar refractivity (Wildman–Crippen MR) is 105 cm³/mol. The van der Waals surface area contributed by atoms with E-state index in [4.69, 9.17) is 0 Å². The number of rotatable bonds is 2. The molecule has 0 amide bonds. The largest absolute Gasteiger partial charge is 0.327 e. The summed E-state index contributed by atoms with van der Waals surface area (Å²) in [5.74, 6) is 0. The fraction of sp³-hybridized carbons (Fsp3) is 0.364. The van der Waals surface area contributed by atoms with Crippen LogP contribution in [0, 0.1) is 41.5 Å². The Morgan fingerprint density at radius 3 is 1.50 bits per heavy atom. The fourth-order valence-corrected chi connectivity index (χ4v) is 4.21. The number of nitrogens with zero attached hydrogens (tertiary/aromatic N) is 2. The topological polar surface area (TPSA) is 6.48 Å². The second-order valence-corrected chi connectivity index (χ2v) is 7.30. The maximum absolute atomic E-state index is 2.43. The van der Waals surface area contributed by atoms with Crippen molar-refractivity contribution in [2.45, 2.75) is 48.5 Å². The Kier molecular flexibility index (Phi) is 4.16. The van der Waals surface area contributed by atoms with Crippen LogP contribution in [-0.4, -0.2) is 6.67 Å². The second-order valence-electron chi connectivity index (χ2n) is 7.30. The lowest BCUT2D eigenvalue weighted by Crippen LogP contribution is -2.28. The van der Waals surface area contributed by atoms with Crippen molar-refractivity contribution in [3.8, 4) is 0 Å². The average molecular weight is 320 g/mol. The zero-order chi connectivity index (χ0) is 17.6. The van der Waals surface area contributed by atoms with Crippen molar-refractivity contribution >= 4 is 11.4 Å². The lowest BCUT2D eigenvalue weighted by atomic mass is 10.0. The molecule has 0 aromatic heterocycles. The van der Waals surface area contributed by atoms with Crippen LogP contribution < -0.4 is 9.80 Å². The zero-order valence-corrected chi connectivity index (χ0v) is 16.0. The molecular formula is C22H28N2. The number of aryl methyl sites for hydroxylation is 6. The third-order valence-corrected chi connectivity index (χ3v) is 4.89. The van der Waals surface area contributed by atoms with Gasteiger partial charge < -0.3 is 9.80 Å². The molecule has 1 heterocycles. The molecule has 1 aliphatic heterocycles. The lowest BCUT2D eigenvalue weighted by Gasteiger charge is -2.28. The fourth-order valence-electron chi connectivity index (χ4n) is 4.21. The molecule has 0 atom stereocenters. The second kappa shape index (κ2) is 6.01. The van der Waals surface area contributed by atoms with E-state index < -0.39 is 0 Å². The lowest BCUT2D eigenvalue weighted by molar-refractivity contribution is 0.932. The van der Waals surface area contributed by atoms with Crippen LogP contribution in [0.2, 0.25) is 0 Å². The van der Waals surface area contributed by atoms with Crippen LogP contribution in [0.3, 0.4) is 0 Å². The SMILES string of the molecule is CC1=CN(c2c(C)cc(C)cc2C)CN1c1c(C)cc(C)cc1C. The molecule has 0 fully saturated rings. The summed E-state index contributed by atoms with van der Waals surface area (Å²) in [5, 5.41) is 0. The van der Waals surface area contributed by atoms with E-state index in [1.54, 1.807) is 0 Å². The third-order valence-electron chi connectivity index (χ3n) is 4.89. The number of hydrogen-bond donors (Lipinski definition) is 0. The molecule has 0 aliphatic carbocycles. The van der Waals surface area contributed by atoms with Crippen molar-refractivity contribution in [1.82, 2.24) is 0 Å². The van der Waals surface area contributed by atoms with Crippen LogP contribution in [0.15, 0.2) is 36.2 Å². The van der Waals surface area contributed by atoms with Gasteiger partial charge in [0, 0.05) is 23.3 Å². The quantitative estimate of drug-likeness (QED) is 0.702. The standard InChI is InChI=1S/C22H28N2/c1-14-8-16(3)21(17(4)9-14)23-12-20(7)24(13-23)22-18(5)10-15(2)11-19(22)6/h8-12H,13H2,1-7H3. The number of benzene rings is 2. The molecule has 24 heavy (non-hydrogen) atoms. The molecule has 0 N–H and O–H groups in total. The van der Waals surface area contributed by atoms with Crippen molar-refractivity contribution in [3.05, 3.63) is 69.5 Å². The summed E-state index contributed by atoms with van der Waals surface area (Å²) in [6, 6.07) is 9.11. The summed E-state index contributed by atoms with van der Waals surface area (Å²) in [6.07, 6.45) is 2.28. The molecule has 126 valence electrons. The van der Waals surface area contributed by atoms with E-state index in [0.717, 1.165) is 6.67 Å². The smallest absolute Gasteiger partial charge is 0.0992 e. The Bertz CT molecular complexity index is 784. The zero-order valence-electron chi connectivity index (χ0n) is 16.0. The van der Waals surface area contributed by atoms with Crippen molar-refractivity contribution in [2.75, 3.05) is 16.5 Å². The number of allylic oxidation sites excluding steroid dienone is 1. The maximum Gasteiger partial charge on any atom is 0.0992 e. The van der Waals surface area contributed by atoms with Crippen LogP contribution in [0.5, 0.6) is 0 Å². The van der Waals surface area contributed by atoms with E-state index in [1.807, 2.05) is 0 Å². The van der Waals surface area contributed by atoms with Gasteiger partial charge in [-0.15, -0.1) is 0 Å². The van der Waals surface area contributed by atoms with Gasteiger partial charge in [0.15, 0.2) is 0 Å². The Hall–Kier alpha value is -2.22. The van der Waals surface area contributed by atoms with Gasteiger partial charge in [-0.05, 0) is 70.7 Å². The first-order valence-corrected chi connectivity index (χ1v) is 8.66. The highest BCUT2D eigenvalue weighted by Gasteiger charge is 2.24. The molecule has 0 radical (unpaired) electrons. The molecule has 2 heteroatoms. The molecule has 0 spiro atoms. The molecule has 1 aliphatic rings. The highest BCUT2D eigenvalue weighted by molar-refractivity contribution is 5.70. The van der Waals surface area contributed by atoms with Gasteiger partial charge in [0.2, 0.25) is 0 Å². The molecule has 0 unspecified atom stereocenters. The van der Waals surface area contributed by atoms with Gasteiger partial charge in [0.1, 0.15) is 0 Å². The van der Waals surface area contributed by atoms with Crippen LogP contribution in [-0.2, 0) is 0 Å². The highest BCUT2D eigenvalue weighted by atomic mass is 15.4. The van der Waals surface area contributed by atoms with E-state index >= 15 is 0 Å². The van der Waals surface area contributed by atoms with Gasteiger partial charge in [0.25, 0.3) is 0 Å². The van der Waals surface area contributed by atoms with Crippen LogP contribution in [0.25, 0.3) is 0 Å². The Morgan fingerprint density at radius 1 is 0.625 bits per heavy atom. The van der Waals surface area contributed by atoms with Crippen molar-refractivity contribution in [3.63, 3.8) is 0 Å². The van der Waals surface area contributed by atoms with Crippen LogP contribution in [0.4, 0.5) is 11.4 Å². The summed E-state index contributed by atoms with van der Waals surface area (Å²) < 4.78 is 0. The van der Waals surface area contributed by atoms with Crippen molar-refractivity contribution < 1.29 is 0 Å². The van der Waals surface area contributed by atoms with Crippen molar-refractivity contribution in [1.29, 1.82) is 0 Å². The average Bonchev–Trinajstić information content (AvgIpc) is 2.78. The molecule has 2 nitrogen and oxygen atoms in total. The first-order valence-electron chi connectivity index (χ1n) is 8.66. The van der Waals surface area contributed by atoms with Gasteiger partial charge in [-0.3, -0.25) is 0 Å². The Labute approximate surface area is 146 Å². The Morgan fingerprint density at radius 2 is 1.04 bits per heavy atom. The van der Waals surface area contributed by atoms with Gasteiger partial charge in [-0.2, -0.15) is 0 Å². The molecule has 2 aromatic carbocycles. The molecule has 0 saturated heterocycles. The number of anilines is 2. The third kappa shape index (κ3) is 2.82. The van der Waals surface area contributed by atoms with Crippen LogP contribution in [0.1, 0.15) is 40.3 Å². The summed E-state index contributed by atoms with van der Waals surface area (Å²) in [6.45, 7) is 16.3. The summed E-state index contributed by atoms with van der Waals surface area (Å²) in [7, 11) is 0. The summed E-state index contributed by atoms with van der Waals surface area (Å²) >= 11 is 0. The minimum absolute atomic E-state index is 0.876. The Balaban J connectivity index is 2.00. The maximum atomic E-state index is 2.43. The van der Waals surface area contributed by atoms with Gasteiger partial charge in [-0.25, -0.2) is 0 Å². The normalized spacial score (nSPS) is 14.4. The first-order chi connectivity index (χ1) is 11.3. The highest BCUT2D eigenvalue weighted by Crippen LogP contribution is 2.36. The van der Waals surface area contributed by atoms with E-state index in [9.17, 15) is 0 Å². The monoisotopic (exact) mass is 320 g/mol. The minimum Gasteiger partial charge on any atom is -0.327 e. The molecule has 3 rings (SSSR count). The van der Waals surface area contributed by atoms with Gasteiger partial charge in [-0.1, -0.05) is 35.4 Å². The van der Waals surface area contributed by atoms with E-state index in [0.29, 0.717) is 0 Å². The van der Waals surface area contributed by atoms with Gasteiger partial charge >= 0.3 is 0 Å². The minimum atomic E-state index is 0.876. The summed E-state index contributed by atoms with van der Waals surface area (Å²) in [5.41, 5.74) is 12.0. The summed E-state index contributed by atoms with van der Waals surface area (Å²) in [4.78, 5) is 4.82. The van der Waals surface area contributed by atoms with Gasteiger partial charge in [0.05, 0.1) is 6.67 Å². The van der Waals surface area contributed by atoms with E-state index in [2.05, 4.69) is 88.7 Å². The molecule has 2 aromatic rings. The predicted octanol–water partition coefficient (Wildman–Crippen LogP) is 5.68. The number of hydrogen-bond acceptors (Lipinski definition) is 2. The van der Waals surface area contributed by atoms with Crippen molar-refractivity contribution in [2.24, 2.45) is 0 Å². The molecule has 0 bridgehead atoms. The molecule has 0 saturated carbocycles. The first kappa shape index (κ1) is 16.6. The van der Waals surface area contributed by atoms with E-state index in [-0.39, 0.29) is 0 Å². The van der Waals surface area contributed by atoms with Crippen LogP contribution >= 0.6 is 0 Å². The molecular weight excluding hydrogens is 292 g/mol.